The molecule has 0 aliphatic rings. The number of hydrogen-bond donors (Lipinski definition) is 2. The van der Waals surface area contributed by atoms with E-state index >= 15 is 0 Å². The van der Waals surface area contributed by atoms with Crippen molar-refractivity contribution in [1.82, 2.24) is 0 Å². The van der Waals surface area contributed by atoms with Gasteiger partial charge in [-0.3, -0.25) is 0 Å². The first-order chi connectivity index (χ1) is 9.19. The molecule has 2 aromatic rings. The molecule has 0 amide bonds. The van der Waals surface area contributed by atoms with Crippen LogP contribution in [-0.2, 0) is 6.42 Å². The molecule has 0 radical (unpaired) electrons. The van der Waals surface area contributed by atoms with Crippen LogP contribution in [-0.4, -0.2) is 11.7 Å². The average Bonchev–Trinajstić information content (AvgIpc) is 2.42. The number of aliphatic hydroxyl groups excluding tert-OH is 1. The van der Waals surface area contributed by atoms with E-state index in [1.807, 2.05) is 55.5 Å². The molecule has 0 spiro atoms. The lowest BCUT2D eigenvalue weighted by Crippen LogP contribution is -2.04. The van der Waals surface area contributed by atoms with Gasteiger partial charge in [0.1, 0.15) is 11.5 Å². The van der Waals surface area contributed by atoms with Crippen molar-refractivity contribution in [3.8, 4) is 11.5 Å². The van der Waals surface area contributed by atoms with Gasteiger partial charge < -0.3 is 15.6 Å². The molecular weight excluding hydrogens is 238 g/mol. The zero-order chi connectivity index (χ0) is 13.7. The molecule has 0 fully saturated rings. The molecule has 19 heavy (non-hydrogen) atoms. The van der Waals surface area contributed by atoms with Crippen molar-refractivity contribution in [2.45, 2.75) is 19.4 Å². The predicted molar refractivity (Wildman–Crippen MR) is 76.4 cm³/mol. The molecule has 3 heteroatoms. The van der Waals surface area contributed by atoms with Crippen LogP contribution < -0.4 is 10.5 Å². The maximum atomic E-state index is 8.85. The van der Waals surface area contributed by atoms with Crippen molar-refractivity contribution < 1.29 is 9.84 Å². The Kier molecular flexibility index (Phi) is 4.55. The van der Waals surface area contributed by atoms with E-state index < -0.39 is 0 Å². The molecule has 2 aromatic carbocycles. The van der Waals surface area contributed by atoms with Crippen LogP contribution >= 0.6 is 0 Å². The smallest absolute Gasteiger partial charge is 0.127 e. The van der Waals surface area contributed by atoms with Crippen LogP contribution in [0, 0.1) is 0 Å². The third-order valence-corrected chi connectivity index (χ3v) is 2.97. The highest BCUT2D eigenvalue weighted by Crippen LogP contribution is 2.23. The molecule has 0 saturated carbocycles. The van der Waals surface area contributed by atoms with Gasteiger partial charge >= 0.3 is 0 Å². The van der Waals surface area contributed by atoms with Gasteiger partial charge in [0.15, 0.2) is 0 Å². The number of rotatable bonds is 5. The zero-order valence-corrected chi connectivity index (χ0v) is 11.0. The summed E-state index contributed by atoms with van der Waals surface area (Å²) in [5, 5.41) is 8.85. The summed E-state index contributed by atoms with van der Waals surface area (Å²) in [5.74, 6) is 1.58. The lowest BCUT2D eigenvalue weighted by Gasteiger charge is -2.09. The maximum absolute atomic E-state index is 8.85. The van der Waals surface area contributed by atoms with Crippen LogP contribution in [0.25, 0.3) is 0 Å². The van der Waals surface area contributed by atoms with E-state index in [0.717, 1.165) is 22.6 Å². The highest BCUT2D eigenvalue weighted by Gasteiger charge is 2.01. The third-order valence-electron chi connectivity index (χ3n) is 2.97. The lowest BCUT2D eigenvalue weighted by atomic mass is 10.1. The Hall–Kier alpha value is -1.84. The van der Waals surface area contributed by atoms with Crippen molar-refractivity contribution >= 4 is 0 Å². The fourth-order valence-corrected chi connectivity index (χ4v) is 1.83. The minimum atomic E-state index is 0.0341. The first-order valence-electron chi connectivity index (χ1n) is 6.42. The Morgan fingerprint density at radius 2 is 1.53 bits per heavy atom. The first-order valence-corrected chi connectivity index (χ1v) is 6.42. The fraction of sp³-hybridized carbons (Fsp3) is 0.250. The third kappa shape index (κ3) is 3.81. The molecule has 100 valence electrons. The van der Waals surface area contributed by atoms with Crippen molar-refractivity contribution in [3.05, 3.63) is 59.7 Å². The lowest BCUT2D eigenvalue weighted by molar-refractivity contribution is 0.299. The molecule has 0 heterocycles. The Morgan fingerprint density at radius 1 is 1.00 bits per heavy atom. The number of aliphatic hydroxyl groups is 1. The molecule has 3 nitrogen and oxygen atoms in total. The van der Waals surface area contributed by atoms with Crippen LogP contribution in [0.4, 0.5) is 0 Å². The number of hydrogen-bond acceptors (Lipinski definition) is 3. The van der Waals surface area contributed by atoms with Gasteiger partial charge in [-0.25, -0.2) is 0 Å². The highest BCUT2D eigenvalue weighted by atomic mass is 16.5. The molecule has 0 aliphatic heterocycles. The molecular formula is C16H19NO2. The van der Waals surface area contributed by atoms with Gasteiger partial charge in [0, 0.05) is 12.6 Å². The van der Waals surface area contributed by atoms with Crippen molar-refractivity contribution in [1.29, 1.82) is 0 Å². The average molecular weight is 257 g/mol. The van der Waals surface area contributed by atoms with E-state index in [1.165, 1.54) is 0 Å². The van der Waals surface area contributed by atoms with E-state index in [-0.39, 0.29) is 12.6 Å². The van der Waals surface area contributed by atoms with Crippen LogP contribution in [0.2, 0.25) is 0 Å². The van der Waals surface area contributed by atoms with Gasteiger partial charge in [0.2, 0.25) is 0 Å². The van der Waals surface area contributed by atoms with Crippen LogP contribution in [0.3, 0.4) is 0 Å². The quantitative estimate of drug-likeness (QED) is 0.865. The van der Waals surface area contributed by atoms with E-state index in [0.29, 0.717) is 6.42 Å². The van der Waals surface area contributed by atoms with Crippen LogP contribution in [0.15, 0.2) is 48.5 Å². The normalized spacial score (nSPS) is 12.2. The number of benzene rings is 2. The Bertz CT molecular complexity index is 503. The van der Waals surface area contributed by atoms with Gasteiger partial charge in [0.25, 0.3) is 0 Å². The van der Waals surface area contributed by atoms with Crippen molar-refractivity contribution in [3.63, 3.8) is 0 Å². The standard InChI is InChI=1S/C16H19NO2/c1-12(17)14-4-8-16(9-5-14)19-15-6-2-13(3-7-15)10-11-18/h2-9,12,18H,10-11,17H2,1H3. The largest absolute Gasteiger partial charge is 0.457 e. The Morgan fingerprint density at radius 3 is 2.00 bits per heavy atom. The summed E-state index contributed by atoms with van der Waals surface area (Å²) in [6.45, 7) is 2.12. The van der Waals surface area contributed by atoms with Crippen LogP contribution in [0.1, 0.15) is 24.1 Å². The first kappa shape index (κ1) is 13.6. The molecule has 1 atom stereocenters. The van der Waals surface area contributed by atoms with Gasteiger partial charge in [-0.05, 0) is 48.7 Å². The van der Waals surface area contributed by atoms with Gasteiger partial charge in [-0.1, -0.05) is 24.3 Å². The number of ether oxygens (including phenoxy) is 1. The molecule has 0 bridgehead atoms. The molecule has 3 N–H and O–H groups in total. The summed E-state index contributed by atoms with van der Waals surface area (Å²) in [7, 11) is 0. The molecule has 1 unspecified atom stereocenters. The Labute approximate surface area is 113 Å². The summed E-state index contributed by atoms with van der Waals surface area (Å²) in [5.41, 5.74) is 7.99. The SMILES string of the molecule is CC(N)c1ccc(Oc2ccc(CCO)cc2)cc1. The summed E-state index contributed by atoms with van der Waals surface area (Å²) < 4.78 is 5.74. The van der Waals surface area contributed by atoms with Gasteiger partial charge in [0.05, 0.1) is 0 Å². The molecule has 2 rings (SSSR count). The monoisotopic (exact) mass is 257 g/mol. The highest BCUT2D eigenvalue weighted by molar-refractivity contribution is 5.35. The second-order valence-corrected chi connectivity index (χ2v) is 4.58. The fourth-order valence-electron chi connectivity index (χ4n) is 1.83. The van der Waals surface area contributed by atoms with E-state index in [4.69, 9.17) is 15.6 Å². The maximum Gasteiger partial charge on any atom is 0.127 e. The molecule has 0 saturated heterocycles. The summed E-state index contributed by atoms with van der Waals surface area (Å²) in [6.07, 6.45) is 0.670. The van der Waals surface area contributed by atoms with E-state index in [9.17, 15) is 0 Å². The minimum Gasteiger partial charge on any atom is -0.457 e. The second-order valence-electron chi connectivity index (χ2n) is 4.58. The number of nitrogens with two attached hydrogens (primary N) is 1. The molecule has 0 aliphatic carbocycles. The Balaban J connectivity index is 2.04. The predicted octanol–water partition coefficient (Wildman–Crippen LogP) is 3.03. The van der Waals surface area contributed by atoms with Gasteiger partial charge in [-0.2, -0.15) is 0 Å². The van der Waals surface area contributed by atoms with Gasteiger partial charge in [-0.15, -0.1) is 0 Å². The summed E-state index contributed by atoms with van der Waals surface area (Å²) >= 11 is 0. The minimum absolute atomic E-state index is 0.0341. The summed E-state index contributed by atoms with van der Waals surface area (Å²) in [6, 6.07) is 15.5. The van der Waals surface area contributed by atoms with Crippen molar-refractivity contribution in [2.75, 3.05) is 6.61 Å². The topological polar surface area (TPSA) is 55.5 Å². The van der Waals surface area contributed by atoms with E-state index in [1.54, 1.807) is 0 Å². The second kappa shape index (κ2) is 6.36. The van der Waals surface area contributed by atoms with E-state index in [2.05, 4.69) is 0 Å². The molecule has 0 aromatic heterocycles. The van der Waals surface area contributed by atoms with Crippen molar-refractivity contribution in [2.24, 2.45) is 5.73 Å². The zero-order valence-electron chi connectivity index (χ0n) is 11.0. The summed E-state index contributed by atoms with van der Waals surface area (Å²) in [4.78, 5) is 0. The van der Waals surface area contributed by atoms with Crippen LogP contribution in [0.5, 0.6) is 11.5 Å².